The number of para-hydroxylation sites is 1. The van der Waals surface area contributed by atoms with Crippen molar-refractivity contribution in [3.8, 4) is 11.8 Å². The predicted molar refractivity (Wildman–Crippen MR) is 117 cm³/mol. The van der Waals surface area contributed by atoms with E-state index in [9.17, 15) is 18.4 Å². The second-order valence-corrected chi connectivity index (χ2v) is 6.49. The van der Waals surface area contributed by atoms with E-state index in [2.05, 4.69) is 30.3 Å². The molecule has 2 rings (SSSR count). The summed E-state index contributed by atoms with van der Waals surface area (Å²) in [6.45, 7) is 6.95. The maximum atomic E-state index is 13.4. The van der Waals surface area contributed by atoms with Crippen LogP contribution in [0, 0.1) is 11.8 Å². The number of carbonyl (C=O) groups excluding carboxylic acids is 2. The van der Waals surface area contributed by atoms with Crippen molar-refractivity contribution in [1.82, 2.24) is 10.8 Å². The molecule has 0 fully saturated rings. The fourth-order valence-electron chi connectivity index (χ4n) is 2.54. The molecule has 0 aliphatic rings. The van der Waals surface area contributed by atoms with Gasteiger partial charge in [0, 0.05) is 29.5 Å². The Morgan fingerprint density at radius 1 is 1.12 bits per heavy atom. The molecule has 0 spiro atoms. The summed E-state index contributed by atoms with van der Waals surface area (Å²) in [6, 6.07) is 11.2. The van der Waals surface area contributed by atoms with Crippen LogP contribution in [0.15, 0.2) is 61.7 Å². The van der Waals surface area contributed by atoms with Gasteiger partial charge in [-0.1, -0.05) is 24.0 Å². The maximum absolute atomic E-state index is 13.4. The first-order valence-electron chi connectivity index (χ1n) is 9.27. The van der Waals surface area contributed by atoms with E-state index in [0.29, 0.717) is 16.8 Å². The molecule has 0 saturated carbocycles. The Kier molecular flexibility index (Phi) is 10.0. The van der Waals surface area contributed by atoms with E-state index in [1.165, 1.54) is 17.6 Å². The highest BCUT2D eigenvalue weighted by Crippen LogP contribution is 2.24. The lowest BCUT2D eigenvalue weighted by atomic mass is 9.95. The second-order valence-electron chi connectivity index (χ2n) is 6.49. The van der Waals surface area contributed by atoms with Gasteiger partial charge in [-0.3, -0.25) is 14.8 Å². The minimum atomic E-state index is -3.12. The van der Waals surface area contributed by atoms with Gasteiger partial charge in [0.05, 0.1) is 0 Å². The van der Waals surface area contributed by atoms with E-state index in [1.807, 2.05) is 0 Å². The molecule has 2 aromatic carbocycles. The number of ether oxygens (including phenoxy) is 1. The lowest BCUT2D eigenvalue weighted by Crippen LogP contribution is -2.62. The van der Waals surface area contributed by atoms with Gasteiger partial charge in [0.15, 0.2) is 5.60 Å². The third kappa shape index (κ3) is 6.38. The van der Waals surface area contributed by atoms with Gasteiger partial charge in [-0.2, -0.15) is 0 Å². The Labute approximate surface area is 185 Å². The van der Waals surface area contributed by atoms with Crippen LogP contribution < -0.4 is 16.5 Å². The molecular formula is C23H25F2N3O4. The Bertz CT molecular complexity index is 987. The molecular weight excluding hydrogens is 420 g/mol. The fourth-order valence-corrected chi connectivity index (χ4v) is 2.54. The molecule has 9 heteroatoms. The molecule has 0 radical (unpaired) electrons. The number of carbonyl (C=O) groups is 2. The van der Waals surface area contributed by atoms with Crippen LogP contribution in [0.5, 0.6) is 0 Å². The minimum absolute atomic E-state index is 0.100. The number of halogens is 2. The number of alkyl halides is 2. The molecule has 7 nitrogen and oxygen atoms in total. The lowest BCUT2D eigenvalue weighted by molar-refractivity contribution is -0.157. The van der Waals surface area contributed by atoms with Crippen molar-refractivity contribution in [2.75, 3.05) is 12.8 Å². The Balaban J connectivity index is 0.00000249. The van der Waals surface area contributed by atoms with Crippen molar-refractivity contribution in [3.05, 3.63) is 78.4 Å². The lowest BCUT2D eigenvalue weighted by Gasteiger charge is -2.34. The van der Waals surface area contributed by atoms with Crippen LogP contribution in [0.25, 0.3) is 0 Å². The van der Waals surface area contributed by atoms with Gasteiger partial charge < -0.3 is 15.8 Å². The second kappa shape index (κ2) is 12.2. The number of benzene rings is 2. The van der Waals surface area contributed by atoms with Crippen molar-refractivity contribution in [2.45, 2.75) is 25.0 Å². The normalized spacial score (nSPS) is 12.8. The van der Waals surface area contributed by atoms with Crippen LogP contribution in [-0.2, 0) is 9.53 Å². The Morgan fingerprint density at radius 3 is 2.22 bits per heavy atom. The molecule has 5 N–H and O–H groups in total. The first-order valence-corrected chi connectivity index (χ1v) is 9.27. The van der Waals surface area contributed by atoms with Crippen molar-refractivity contribution in [2.24, 2.45) is 0 Å². The van der Waals surface area contributed by atoms with Crippen LogP contribution >= 0.6 is 0 Å². The summed E-state index contributed by atoms with van der Waals surface area (Å²) in [7, 11) is 0.975. The highest BCUT2D eigenvalue weighted by molar-refractivity contribution is 5.98. The number of anilines is 1. The number of hydrogen-bond acceptors (Lipinski definition) is 5. The van der Waals surface area contributed by atoms with E-state index in [0.717, 1.165) is 14.0 Å². The van der Waals surface area contributed by atoms with Gasteiger partial charge in [0.2, 0.25) is 0 Å². The quantitative estimate of drug-likeness (QED) is 0.180. The smallest absolute Gasteiger partial charge is 0.269 e. The van der Waals surface area contributed by atoms with E-state index >= 15 is 0 Å². The molecule has 0 heterocycles. The Hall–Kier alpha value is -3.74. The van der Waals surface area contributed by atoms with Gasteiger partial charge in [-0.25, -0.2) is 14.3 Å². The maximum Gasteiger partial charge on any atom is 0.269 e. The summed E-state index contributed by atoms with van der Waals surface area (Å²) >= 11 is 0. The molecule has 0 saturated heterocycles. The zero-order chi connectivity index (χ0) is 24.3. The van der Waals surface area contributed by atoms with Crippen molar-refractivity contribution >= 4 is 17.5 Å². The molecule has 0 aliphatic carbocycles. The highest BCUT2D eigenvalue weighted by Gasteiger charge is 2.48. The predicted octanol–water partition coefficient (Wildman–Crippen LogP) is 2.74. The van der Waals surface area contributed by atoms with Crippen LogP contribution in [-0.4, -0.2) is 42.2 Å². The molecule has 170 valence electrons. The molecule has 2 atom stereocenters. The van der Waals surface area contributed by atoms with Gasteiger partial charge in [0.1, 0.15) is 6.04 Å². The third-order valence-corrected chi connectivity index (χ3v) is 4.54. The third-order valence-electron chi connectivity index (χ3n) is 4.54. The van der Waals surface area contributed by atoms with Crippen LogP contribution in [0.3, 0.4) is 0 Å². The number of amides is 2. The monoisotopic (exact) mass is 445 g/mol. The SMILES string of the molecule is C=C.COC(C)(C(F)F)C(NC(=O)c1ccc(C#Cc2ccccc2N)cc1)C(=O)NO. The van der Waals surface area contributed by atoms with Crippen LogP contribution in [0.1, 0.15) is 28.4 Å². The number of nitrogen functional groups attached to an aromatic ring is 1. The standard InChI is InChI=1S/C21H21F2N3O4.C2H4/c1-21(30-2,20(22)23)17(19(28)26-29)25-18(27)15-11-8-13(9-12-15)7-10-14-5-3-4-6-16(14)24;1-2/h3-6,8-9,11-12,17,20,29H,24H2,1-2H3,(H,25,27)(H,26,28);1-2H2. The van der Waals surface area contributed by atoms with Gasteiger partial charge in [-0.15, -0.1) is 13.2 Å². The molecule has 2 amide bonds. The fraction of sp³-hybridized carbons (Fsp3) is 0.217. The van der Waals surface area contributed by atoms with Crippen LogP contribution in [0.4, 0.5) is 14.5 Å². The van der Waals surface area contributed by atoms with Crippen molar-refractivity contribution in [3.63, 3.8) is 0 Å². The highest BCUT2D eigenvalue weighted by atomic mass is 19.3. The molecule has 32 heavy (non-hydrogen) atoms. The number of hydroxylamine groups is 1. The number of hydrogen-bond donors (Lipinski definition) is 4. The first-order chi connectivity index (χ1) is 15.2. The number of rotatable bonds is 6. The summed E-state index contributed by atoms with van der Waals surface area (Å²) in [5.41, 5.74) is 6.62. The largest absolute Gasteiger partial charge is 0.398 e. The summed E-state index contributed by atoms with van der Waals surface area (Å²) in [5.74, 6) is 3.78. The van der Waals surface area contributed by atoms with Gasteiger partial charge in [0.25, 0.3) is 18.2 Å². The number of nitrogens with one attached hydrogen (secondary N) is 2. The molecule has 0 aromatic heterocycles. The number of nitrogens with two attached hydrogens (primary N) is 1. The topological polar surface area (TPSA) is 114 Å². The molecule has 0 bridgehead atoms. The van der Waals surface area contributed by atoms with Crippen molar-refractivity contribution < 1.29 is 28.3 Å². The van der Waals surface area contributed by atoms with Crippen LogP contribution in [0.2, 0.25) is 0 Å². The summed E-state index contributed by atoms with van der Waals surface area (Å²) in [5, 5.41) is 11.0. The van der Waals surface area contributed by atoms with E-state index in [4.69, 9.17) is 15.7 Å². The zero-order valence-corrected chi connectivity index (χ0v) is 17.7. The van der Waals surface area contributed by atoms with Crippen molar-refractivity contribution in [1.29, 1.82) is 0 Å². The Morgan fingerprint density at radius 2 is 1.72 bits per heavy atom. The summed E-state index contributed by atoms with van der Waals surface area (Å²) in [4.78, 5) is 24.3. The van der Waals surface area contributed by atoms with E-state index in [-0.39, 0.29) is 5.56 Å². The average molecular weight is 445 g/mol. The number of methoxy groups -OCH3 is 1. The summed E-state index contributed by atoms with van der Waals surface area (Å²) < 4.78 is 31.6. The minimum Gasteiger partial charge on any atom is -0.398 e. The van der Waals surface area contributed by atoms with E-state index < -0.39 is 29.9 Å². The summed E-state index contributed by atoms with van der Waals surface area (Å²) in [6.07, 6.45) is -3.12. The molecule has 2 aromatic rings. The average Bonchev–Trinajstić information content (AvgIpc) is 2.82. The first kappa shape index (κ1) is 26.3. The zero-order valence-electron chi connectivity index (χ0n) is 17.7. The van der Waals surface area contributed by atoms with E-state index in [1.54, 1.807) is 36.4 Å². The molecule has 0 aliphatic heterocycles. The van der Waals surface area contributed by atoms with Gasteiger partial charge >= 0.3 is 0 Å². The molecule has 2 unspecified atom stereocenters. The van der Waals surface area contributed by atoms with Gasteiger partial charge in [-0.05, 0) is 43.3 Å².